The highest BCUT2D eigenvalue weighted by Crippen LogP contribution is 2.18. The summed E-state index contributed by atoms with van der Waals surface area (Å²) in [6.07, 6.45) is 4.29. The number of nitrogens with zero attached hydrogens (tertiary/aromatic N) is 1. The van der Waals surface area contributed by atoms with Crippen molar-refractivity contribution in [3.63, 3.8) is 0 Å². The molecule has 5 nitrogen and oxygen atoms in total. The number of hydrogen-bond donors (Lipinski definition) is 1. The van der Waals surface area contributed by atoms with Crippen LogP contribution in [-0.2, 0) is 11.2 Å². The summed E-state index contributed by atoms with van der Waals surface area (Å²) in [5.74, 6) is -0.0132. The predicted octanol–water partition coefficient (Wildman–Crippen LogP) is 3.93. The average Bonchev–Trinajstić information content (AvgIpc) is 3.17. The van der Waals surface area contributed by atoms with Crippen LogP contribution in [0.3, 0.4) is 0 Å². The minimum absolute atomic E-state index is 0.156. The van der Waals surface area contributed by atoms with Gasteiger partial charge in [0.15, 0.2) is 0 Å². The minimum atomic E-state index is -0.306. The molecule has 3 aromatic rings. The van der Waals surface area contributed by atoms with Gasteiger partial charge in [-0.2, -0.15) is 0 Å². The lowest BCUT2D eigenvalue weighted by atomic mass is 10.2. The van der Waals surface area contributed by atoms with Crippen molar-refractivity contribution in [3.05, 3.63) is 76.7 Å². The number of carbonyl (C=O) groups is 2. The lowest BCUT2D eigenvalue weighted by Gasteiger charge is -2.07. The lowest BCUT2D eigenvalue weighted by Crippen LogP contribution is -2.11. The van der Waals surface area contributed by atoms with Gasteiger partial charge in [0.05, 0.1) is 11.3 Å². The Balaban J connectivity index is 1.50. The van der Waals surface area contributed by atoms with E-state index in [1.165, 1.54) is 11.3 Å². The first kappa shape index (κ1) is 16.9. The van der Waals surface area contributed by atoms with Crippen LogP contribution in [0.4, 0.5) is 5.69 Å². The molecule has 0 aliphatic rings. The van der Waals surface area contributed by atoms with Crippen molar-refractivity contribution in [2.75, 3.05) is 5.32 Å². The SMILES string of the molecule is O=C(CCc1cccnc1)Oc1ccc(NC(=O)c2cccs2)cc1. The molecule has 0 aliphatic carbocycles. The summed E-state index contributed by atoms with van der Waals surface area (Å²) in [6.45, 7) is 0. The molecule has 0 atom stereocenters. The molecule has 25 heavy (non-hydrogen) atoms. The van der Waals surface area contributed by atoms with E-state index in [4.69, 9.17) is 4.74 Å². The minimum Gasteiger partial charge on any atom is -0.427 e. The van der Waals surface area contributed by atoms with Crippen LogP contribution in [0, 0.1) is 0 Å². The second-order valence-corrected chi connectivity index (χ2v) is 6.24. The van der Waals surface area contributed by atoms with Gasteiger partial charge >= 0.3 is 5.97 Å². The molecule has 1 amide bonds. The summed E-state index contributed by atoms with van der Waals surface area (Å²) in [5, 5.41) is 4.65. The Bertz CT molecular complexity index is 831. The van der Waals surface area contributed by atoms with Gasteiger partial charge in [-0.15, -0.1) is 11.3 Å². The van der Waals surface area contributed by atoms with Crippen LogP contribution in [0.5, 0.6) is 5.75 Å². The number of ether oxygens (including phenoxy) is 1. The van der Waals surface area contributed by atoms with Crippen molar-refractivity contribution < 1.29 is 14.3 Å². The summed E-state index contributed by atoms with van der Waals surface area (Å²) < 4.78 is 5.30. The Kier molecular flexibility index (Phi) is 5.53. The molecule has 0 saturated heterocycles. The Labute approximate surface area is 149 Å². The predicted molar refractivity (Wildman–Crippen MR) is 96.9 cm³/mol. The first-order chi connectivity index (χ1) is 12.2. The van der Waals surface area contributed by atoms with E-state index in [9.17, 15) is 9.59 Å². The molecule has 0 saturated carbocycles. The zero-order valence-corrected chi connectivity index (χ0v) is 14.2. The molecule has 0 radical (unpaired) electrons. The molecule has 0 fully saturated rings. The van der Waals surface area contributed by atoms with Gasteiger partial charge in [-0.1, -0.05) is 12.1 Å². The molecule has 0 unspecified atom stereocenters. The van der Waals surface area contributed by atoms with Gasteiger partial charge in [-0.05, 0) is 53.8 Å². The topological polar surface area (TPSA) is 68.3 Å². The maximum atomic E-state index is 12.0. The highest BCUT2D eigenvalue weighted by Gasteiger charge is 2.08. The van der Waals surface area contributed by atoms with Crippen LogP contribution in [-0.4, -0.2) is 16.9 Å². The molecular formula is C19H16N2O3S. The number of esters is 1. The van der Waals surface area contributed by atoms with Gasteiger partial charge in [-0.3, -0.25) is 14.6 Å². The summed E-state index contributed by atoms with van der Waals surface area (Å²) in [6, 6.07) is 14.1. The van der Waals surface area contributed by atoms with E-state index in [0.717, 1.165) is 5.56 Å². The van der Waals surface area contributed by atoms with Crippen molar-refractivity contribution in [1.82, 2.24) is 4.98 Å². The van der Waals surface area contributed by atoms with Crippen LogP contribution in [0.25, 0.3) is 0 Å². The number of hydrogen-bond acceptors (Lipinski definition) is 5. The van der Waals surface area contributed by atoms with E-state index >= 15 is 0 Å². The number of amides is 1. The fourth-order valence-electron chi connectivity index (χ4n) is 2.18. The number of rotatable bonds is 6. The summed E-state index contributed by atoms with van der Waals surface area (Å²) in [4.78, 5) is 28.5. The monoisotopic (exact) mass is 352 g/mol. The normalized spacial score (nSPS) is 10.2. The Morgan fingerprint density at radius 1 is 1.08 bits per heavy atom. The van der Waals surface area contributed by atoms with Crippen molar-refractivity contribution >= 4 is 28.9 Å². The Hall–Kier alpha value is -2.99. The van der Waals surface area contributed by atoms with Gasteiger partial charge in [-0.25, -0.2) is 0 Å². The van der Waals surface area contributed by atoms with E-state index in [2.05, 4.69) is 10.3 Å². The van der Waals surface area contributed by atoms with Crippen molar-refractivity contribution in [1.29, 1.82) is 0 Å². The summed E-state index contributed by atoms with van der Waals surface area (Å²) >= 11 is 1.38. The number of carbonyl (C=O) groups excluding carboxylic acids is 2. The standard InChI is InChI=1S/C19H16N2O3S/c22-18(10-5-14-3-1-11-20-13-14)24-16-8-6-15(7-9-16)21-19(23)17-4-2-12-25-17/h1-4,6-9,11-13H,5,10H2,(H,21,23). The van der Waals surface area contributed by atoms with Crippen molar-refractivity contribution in [2.45, 2.75) is 12.8 Å². The highest BCUT2D eigenvalue weighted by atomic mass is 32.1. The molecule has 1 aromatic carbocycles. The molecule has 126 valence electrons. The van der Waals surface area contributed by atoms with Crippen LogP contribution in [0.2, 0.25) is 0 Å². The second kappa shape index (κ2) is 8.21. The summed E-state index contributed by atoms with van der Waals surface area (Å²) in [7, 11) is 0. The molecule has 3 rings (SSSR count). The Morgan fingerprint density at radius 2 is 1.92 bits per heavy atom. The molecule has 2 heterocycles. The fraction of sp³-hybridized carbons (Fsp3) is 0.105. The number of anilines is 1. The molecule has 6 heteroatoms. The first-order valence-electron chi connectivity index (χ1n) is 7.75. The van der Waals surface area contributed by atoms with E-state index < -0.39 is 0 Å². The van der Waals surface area contributed by atoms with Gasteiger partial charge < -0.3 is 10.1 Å². The van der Waals surface area contributed by atoms with Crippen molar-refractivity contribution in [3.8, 4) is 5.75 Å². The summed E-state index contributed by atoms with van der Waals surface area (Å²) in [5.41, 5.74) is 1.64. The molecule has 0 aliphatic heterocycles. The number of pyridine rings is 1. The van der Waals surface area contributed by atoms with Gasteiger partial charge in [0.1, 0.15) is 5.75 Å². The average molecular weight is 352 g/mol. The number of nitrogens with one attached hydrogen (secondary N) is 1. The zero-order chi connectivity index (χ0) is 17.5. The molecule has 2 aromatic heterocycles. The quantitative estimate of drug-likeness (QED) is 0.539. The molecule has 0 bridgehead atoms. The number of thiophene rings is 1. The van der Waals surface area contributed by atoms with Crippen molar-refractivity contribution in [2.24, 2.45) is 0 Å². The van der Waals surface area contributed by atoms with Crippen LogP contribution in [0.1, 0.15) is 21.7 Å². The first-order valence-corrected chi connectivity index (χ1v) is 8.63. The smallest absolute Gasteiger partial charge is 0.311 e. The maximum absolute atomic E-state index is 12.0. The van der Waals surface area contributed by atoms with Gasteiger partial charge in [0.25, 0.3) is 5.91 Å². The lowest BCUT2D eigenvalue weighted by molar-refractivity contribution is -0.134. The van der Waals surface area contributed by atoms with Crippen LogP contribution >= 0.6 is 11.3 Å². The third kappa shape index (κ3) is 4.99. The van der Waals surface area contributed by atoms with Crippen LogP contribution < -0.4 is 10.1 Å². The number of benzene rings is 1. The number of aryl methyl sites for hydroxylation is 1. The largest absolute Gasteiger partial charge is 0.427 e. The zero-order valence-electron chi connectivity index (χ0n) is 13.3. The molecular weight excluding hydrogens is 336 g/mol. The fourth-order valence-corrected chi connectivity index (χ4v) is 2.80. The van der Waals surface area contributed by atoms with Gasteiger partial charge in [0.2, 0.25) is 0 Å². The third-order valence-corrected chi connectivity index (χ3v) is 4.30. The molecule has 1 N–H and O–H groups in total. The van der Waals surface area contributed by atoms with E-state index in [1.54, 1.807) is 42.7 Å². The van der Waals surface area contributed by atoms with Crippen LogP contribution in [0.15, 0.2) is 66.3 Å². The Morgan fingerprint density at radius 3 is 2.60 bits per heavy atom. The van der Waals surface area contributed by atoms with E-state index in [0.29, 0.717) is 22.7 Å². The van der Waals surface area contributed by atoms with E-state index in [1.807, 2.05) is 23.6 Å². The number of aromatic nitrogens is 1. The third-order valence-electron chi connectivity index (χ3n) is 3.43. The molecule has 0 spiro atoms. The van der Waals surface area contributed by atoms with E-state index in [-0.39, 0.29) is 18.3 Å². The van der Waals surface area contributed by atoms with Gasteiger partial charge in [0, 0.05) is 18.1 Å². The highest BCUT2D eigenvalue weighted by molar-refractivity contribution is 7.12. The second-order valence-electron chi connectivity index (χ2n) is 5.29. The maximum Gasteiger partial charge on any atom is 0.311 e.